The predicted molar refractivity (Wildman–Crippen MR) is 52.7 cm³/mol. The monoisotopic (exact) mass is 193 g/mol. The number of hydrogen-bond donors (Lipinski definition) is 3. The minimum Gasteiger partial charge on any atom is -0.504 e. The van der Waals surface area contributed by atoms with Gasteiger partial charge < -0.3 is 16.2 Å². The molecular formula is C9H11N3O2. The zero-order valence-electron chi connectivity index (χ0n) is 7.47. The van der Waals surface area contributed by atoms with Gasteiger partial charge in [-0.05, 0) is 12.1 Å². The third-order valence-electron chi connectivity index (χ3n) is 1.43. The number of nitrogens with one attached hydrogen (secondary N) is 1. The van der Waals surface area contributed by atoms with Gasteiger partial charge in [-0.3, -0.25) is 4.79 Å². The Labute approximate surface area is 81.3 Å². The molecule has 0 spiro atoms. The zero-order chi connectivity index (χ0) is 10.4. The first-order valence-electron chi connectivity index (χ1n) is 4.05. The van der Waals surface area contributed by atoms with Crippen LogP contribution in [-0.2, 0) is 4.79 Å². The molecule has 0 atom stereocenters. The lowest BCUT2D eigenvalue weighted by Gasteiger charge is -2.02. The second-order valence-corrected chi connectivity index (χ2v) is 2.50. The van der Waals surface area contributed by atoms with Crippen molar-refractivity contribution in [2.75, 3.05) is 11.9 Å². The number of aromatic hydroxyl groups is 1. The number of rotatable bonds is 3. The van der Waals surface area contributed by atoms with E-state index in [1.165, 1.54) is 24.4 Å². The molecule has 0 aliphatic rings. The summed E-state index contributed by atoms with van der Waals surface area (Å²) in [5.41, 5.74) is 5.17. The van der Waals surface area contributed by atoms with E-state index in [1.54, 1.807) is 6.07 Å². The topological polar surface area (TPSA) is 88.2 Å². The Morgan fingerprint density at radius 3 is 3.14 bits per heavy atom. The van der Waals surface area contributed by atoms with Crippen molar-refractivity contribution in [1.82, 2.24) is 4.98 Å². The normalized spacial score (nSPS) is 10.4. The van der Waals surface area contributed by atoms with E-state index in [1.807, 2.05) is 0 Å². The molecule has 14 heavy (non-hydrogen) atoms. The summed E-state index contributed by atoms with van der Waals surface area (Å²) in [4.78, 5) is 14.9. The SMILES string of the molecule is NC/C=C/C(=O)Nc1ncccc1O. The first-order chi connectivity index (χ1) is 6.74. The molecule has 1 amide bonds. The Morgan fingerprint density at radius 1 is 1.71 bits per heavy atom. The van der Waals surface area contributed by atoms with Crippen LogP contribution in [-0.4, -0.2) is 22.5 Å². The number of amides is 1. The smallest absolute Gasteiger partial charge is 0.249 e. The summed E-state index contributed by atoms with van der Waals surface area (Å²) in [6, 6.07) is 3.01. The summed E-state index contributed by atoms with van der Waals surface area (Å²) in [7, 11) is 0. The van der Waals surface area contributed by atoms with Gasteiger partial charge in [0.1, 0.15) is 0 Å². The van der Waals surface area contributed by atoms with Crippen LogP contribution in [0, 0.1) is 0 Å². The summed E-state index contributed by atoms with van der Waals surface area (Å²) < 4.78 is 0. The van der Waals surface area contributed by atoms with Crippen LogP contribution in [0.25, 0.3) is 0 Å². The molecule has 1 heterocycles. The van der Waals surface area contributed by atoms with E-state index in [0.717, 1.165) is 0 Å². The molecule has 0 saturated carbocycles. The van der Waals surface area contributed by atoms with Gasteiger partial charge >= 0.3 is 0 Å². The quantitative estimate of drug-likeness (QED) is 0.600. The highest BCUT2D eigenvalue weighted by atomic mass is 16.3. The van der Waals surface area contributed by atoms with Crippen LogP contribution >= 0.6 is 0 Å². The highest BCUT2D eigenvalue weighted by molar-refractivity contribution is 5.99. The highest BCUT2D eigenvalue weighted by Crippen LogP contribution is 2.17. The summed E-state index contributed by atoms with van der Waals surface area (Å²) in [6.07, 6.45) is 4.27. The van der Waals surface area contributed by atoms with Crippen LogP contribution in [0.15, 0.2) is 30.5 Å². The standard InChI is InChI=1S/C9H11N3O2/c10-5-1-4-8(14)12-9-7(13)3-2-6-11-9/h1-4,6,13H,5,10H2,(H,11,12,14)/b4-1+. The minimum absolute atomic E-state index is 0.0676. The molecule has 1 rings (SSSR count). The van der Waals surface area contributed by atoms with Gasteiger partial charge in [0.2, 0.25) is 5.91 Å². The Bertz CT molecular complexity index is 350. The molecule has 0 saturated heterocycles. The molecular weight excluding hydrogens is 182 g/mol. The number of pyridine rings is 1. The van der Waals surface area contributed by atoms with Gasteiger partial charge in [-0.15, -0.1) is 0 Å². The van der Waals surface area contributed by atoms with E-state index in [2.05, 4.69) is 10.3 Å². The van der Waals surface area contributed by atoms with Crippen LogP contribution in [0.3, 0.4) is 0 Å². The fourth-order valence-electron chi connectivity index (χ4n) is 0.827. The molecule has 4 N–H and O–H groups in total. The van der Waals surface area contributed by atoms with Crippen molar-refractivity contribution in [3.63, 3.8) is 0 Å². The molecule has 5 heteroatoms. The summed E-state index contributed by atoms with van der Waals surface area (Å²) in [5.74, 6) is -0.300. The maximum absolute atomic E-state index is 11.1. The Kier molecular flexibility index (Phi) is 3.63. The molecule has 0 fully saturated rings. The molecule has 0 radical (unpaired) electrons. The molecule has 0 unspecified atom stereocenters. The Morgan fingerprint density at radius 2 is 2.50 bits per heavy atom. The second kappa shape index (κ2) is 4.98. The molecule has 1 aromatic rings. The first-order valence-corrected chi connectivity index (χ1v) is 4.05. The van der Waals surface area contributed by atoms with E-state index in [4.69, 9.17) is 5.73 Å². The molecule has 74 valence electrons. The molecule has 0 aliphatic carbocycles. The van der Waals surface area contributed by atoms with E-state index in [-0.39, 0.29) is 17.5 Å². The average Bonchev–Trinajstić information content (AvgIpc) is 2.18. The summed E-state index contributed by atoms with van der Waals surface area (Å²) in [6.45, 7) is 0.293. The number of aromatic nitrogens is 1. The molecule has 1 aromatic heterocycles. The maximum Gasteiger partial charge on any atom is 0.249 e. The predicted octanol–water partition coefficient (Wildman–Crippen LogP) is 0.241. The van der Waals surface area contributed by atoms with Crippen molar-refractivity contribution in [2.24, 2.45) is 5.73 Å². The van der Waals surface area contributed by atoms with Crippen molar-refractivity contribution < 1.29 is 9.90 Å². The number of carbonyl (C=O) groups excluding carboxylic acids is 1. The number of nitrogens with two attached hydrogens (primary N) is 1. The van der Waals surface area contributed by atoms with Gasteiger partial charge in [-0.2, -0.15) is 0 Å². The largest absolute Gasteiger partial charge is 0.504 e. The maximum atomic E-state index is 11.1. The fraction of sp³-hybridized carbons (Fsp3) is 0.111. The van der Waals surface area contributed by atoms with Crippen LogP contribution < -0.4 is 11.1 Å². The van der Waals surface area contributed by atoms with E-state index in [0.29, 0.717) is 6.54 Å². The van der Waals surface area contributed by atoms with Crippen LogP contribution in [0.1, 0.15) is 0 Å². The lowest BCUT2D eigenvalue weighted by Crippen LogP contribution is -2.10. The molecule has 5 nitrogen and oxygen atoms in total. The summed E-state index contributed by atoms with van der Waals surface area (Å²) in [5, 5.41) is 11.7. The van der Waals surface area contributed by atoms with Crippen molar-refractivity contribution in [1.29, 1.82) is 0 Å². The van der Waals surface area contributed by atoms with Crippen molar-refractivity contribution in [2.45, 2.75) is 0 Å². The van der Waals surface area contributed by atoms with E-state index >= 15 is 0 Å². The number of carbonyl (C=O) groups is 1. The molecule has 0 aromatic carbocycles. The van der Waals surface area contributed by atoms with E-state index < -0.39 is 0 Å². The van der Waals surface area contributed by atoms with Gasteiger partial charge in [-0.25, -0.2) is 4.98 Å². The van der Waals surface area contributed by atoms with Crippen LogP contribution in [0.2, 0.25) is 0 Å². The number of anilines is 1. The van der Waals surface area contributed by atoms with Crippen LogP contribution in [0.5, 0.6) is 5.75 Å². The highest BCUT2D eigenvalue weighted by Gasteiger charge is 2.02. The van der Waals surface area contributed by atoms with Gasteiger partial charge in [0.25, 0.3) is 0 Å². The van der Waals surface area contributed by atoms with Crippen LogP contribution in [0.4, 0.5) is 5.82 Å². The van der Waals surface area contributed by atoms with Gasteiger partial charge in [-0.1, -0.05) is 6.08 Å². The first kappa shape index (κ1) is 10.2. The number of hydrogen-bond acceptors (Lipinski definition) is 4. The molecule has 0 bridgehead atoms. The third kappa shape index (κ3) is 2.87. The number of nitrogens with zero attached hydrogens (tertiary/aromatic N) is 1. The fourth-order valence-corrected chi connectivity index (χ4v) is 0.827. The third-order valence-corrected chi connectivity index (χ3v) is 1.43. The Hall–Kier alpha value is -1.88. The van der Waals surface area contributed by atoms with Crippen molar-refractivity contribution in [3.05, 3.63) is 30.5 Å². The molecule has 0 aliphatic heterocycles. The average molecular weight is 193 g/mol. The van der Waals surface area contributed by atoms with Crippen molar-refractivity contribution >= 4 is 11.7 Å². The lowest BCUT2D eigenvalue weighted by molar-refractivity contribution is -0.112. The Balaban J connectivity index is 2.65. The summed E-state index contributed by atoms with van der Waals surface area (Å²) >= 11 is 0. The second-order valence-electron chi connectivity index (χ2n) is 2.50. The van der Waals surface area contributed by atoms with Gasteiger partial charge in [0.15, 0.2) is 11.6 Å². The lowest BCUT2D eigenvalue weighted by atomic mass is 10.4. The van der Waals surface area contributed by atoms with E-state index in [9.17, 15) is 9.90 Å². The van der Waals surface area contributed by atoms with Gasteiger partial charge in [0.05, 0.1) is 0 Å². The van der Waals surface area contributed by atoms with Crippen molar-refractivity contribution in [3.8, 4) is 5.75 Å². The zero-order valence-corrected chi connectivity index (χ0v) is 7.47. The minimum atomic E-state index is -0.371. The van der Waals surface area contributed by atoms with Gasteiger partial charge in [0, 0.05) is 18.8 Å².